The molecule has 0 N–H and O–H groups in total. The number of ketones is 1. The molecule has 1 aliphatic carbocycles. The summed E-state index contributed by atoms with van der Waals surface area (Å²) in [5, 5.41) is 0.558. The molecule has 17 heavy (non-hydrogen) atoms. The van der Waals surface area contributed by atoms with Gasteiger partial charge in [-0.1, -0.05) is 47.3 Å². The monoisotopic (exact) mass is 314 g/mol. The molecule has 0 heterocycles. The Morgan fingerprint density at radius 2 is 2.18 bits per heavy atom. The van der Waals surface area contributed by atoms with E-state index < -0.39 is 0 Å². The summed E-state index contributed by atoms with van der Waals surface area (Å²) in [5.41, 5.74) is 0.675. The van der Waals surface area contributed by atoms with E-state index in [4.69, 9.17) is 11.6 Å². The van der Waals surface area contributed by atoms with Crippen LogP contribution in [0.5, 0.6) is 0 Å². The van der Waals surface area contributed by atoms with Crippen molar-refractivity contribution >= 4 is 33.3 Å². The molecule has 2 atom stereocenters. The van der Waals surface area contributed by atoms with Crippen LogP contribution in [0.1, 0.15) is 43.0 Å². The molecule has 0 spiro atoms. The Kier molecular flexibility index (Phi) is 4.26. The van der Waals surface area contributed by atoms with Crippen LogP contribution in [-0.2, 0) is 0 Å². The van der Waals surface area contributed by atoms with Gasteiger partial charge in [0.25, 0.3) is 0 Å². The molecule has 1 nitrogen and oxygen atoms in total. The van der Waals surface area contributed by atoms with Crippen LogP contribution in [0, 0.1) is 11.8 Å². The lowest BCUT2D eigenvalue weighted by molar-refractivity contribution is 0.0868. The lowest BCUT2D eigenvalue weighted by Gasteiger charge is -2.25. The third-order valence-electron chi connectivity index (χ3n) is 3.50. The average Bonchev–Trinajstić information content (AvgIpc) is 2.28. The molecule has 0 radical (unpaired) electrons. The fourth-order valence-corrected chi connectivity index (χ4v) is 3.35. The first kappa shape index (κ1) is 13.1. The SMILES string of the molecule is CC1CCCC(C(=O)c2ccc(Br)cc2Cl)C1. The third-order valence-corrected chi connectivity index (χ3v) is 4.31. The summed E-state index contributed by atoms with van der Waals surface area (Å²) in [7, 11) is 0. The normalized spacial score (nSPS) is 24.6. The zero-order valence-electron chi connectivity index (χ0n) is 9.88. The Bertz CT molecular complexity index is 430. The van der Waals surface area contributed by atoms with Crippen LogP contribution in [0.25, 0.3) is 0 Å². The van der Waals surface area contributed by atoms with E-state index in [-0.39, 0.29) is 11.7 Å². The second-order valence-electron chi connectivity index (χ2n) is 4.96. The van der Waals surface area contributed by atoms with Crippen LogP contribution in [0.15, 0.2) is 22.7 Å². The van der Waals surface area contributed by atoms with Crippen molar-refractivity contribution in [3.8, 4) is 0 Å². The molecular weight excluding hydrogens is 300 g/mol. The first-order chi connectivity index (χ1) is 8.08. The summed E-state index contributed by atoms with van der Waals surface area (Å²) in [6, 6.07) is 5.50. The highest BCUT2D eigenvalue weighted by Crippen LogP contribution is 2.33. The van der Waals surface area contributed by atoms with Gasteiger partial charge in [0.2, 0.25) is 0 Å². The number of rotatable bonds is 2. The van der Waals surface area contributed by atoms with Crippen molar-refractivity contribution in [3.05, 3.63) is 33.3 Å². The lowest BCUT2D eigenvalue weighted by atomic mass is 9.79. The van der Waals surface area contributed by atoms with Gasteiger partial charge < -0.3 is 0 Å². The van der Waals surface area contributed by atoms with Crippen LogP contribution >= 0.6 is 27.5 Å². The van der Waals surface area contributed by atoms with E-state index >= 15 is 0 Å². The van der Waals surface area contributed by atoms with Crippen molar-refractivity contribution < 1.29 is 4.79 Å². The van der Waals surface area contributed by atoms with Crippen molar-refractivity contribution in [2.75, 3.05) is 0 Å². The van der Waals surface area contributed by atoms with E-state index in [1.165, 1.54) is 6.42 Å². The van der Waals surface area contributed by atoms with Gasteiger partial charge >= 0.3 is 0 Å². The molecule has 1 aromatic carbocycles. The van der Waals surface area contributed by atoms with Crippen LogP contribution in [0.3, 0.4) is 0 Å². The maximum atomic E-state index is 12.4. The predicted octanol–water partition coefficient (Wildman–Crippen LogP) is 5.11. The number of hydrogen-bond donors (Lipinski definition) is 0. The van der Waals surface area contributed by atoms with Gasteiger partial charge in [0.1, 0.15) is 0 Å². The van der Waals surface area contributed by atoms with Gasteiger partial charge in [-0.3, -0.25) is 4.79 Å². The number of benzene rings is 1. The van der Waals surface area contributed by atoms with Crippen molar-refractivity contribution in [1.29, 1.82) is 0 Å². The van der Waals surface area contributed by atoms with E-state index in [0.29, 0.717) is 16.5 Å². The molecular formula is C14H16BrClO. The third kappa shape index (κ3) is 3.11. The highest BCUT2D eigenvalue weighted by molar-refractivity contribution is 9.10. The molecule has 0 aromatic heterocycles. The van der Waals surface area contributed by atoms with E-state index in [1.807, 2.05) is 12.1 Å². The highest BCUT2D eigenvalue weighted by Gasteiger charge is 2.26. The molecule has 0 bridgehead atoms. The Balaban J connectivity index is 2.18. The molecule has 1 saturated carbocycles. The zero-order valence-corrected chi connectivity index (χ0v) is 12.2. The molecule has 2 rings (SSSR count). The summed E-state index contributed by atoms with van der Waals surface area (Å²) < 4.78 is 0.913. The van der Waals surface area contributed by atoms with Crippen molar-refractivity contribution in [2.45, 2.75) is 32.6 Å². The van der Waals surface area contributed by atoms with Gasteiger partial charge in [-0.25, -0.2) is 0 Å². The average molecular weight is 316 g/mol. The van der Waals surface area contributed by atoms with E-state index in [0.717, 1.165) is 23.7 Å². The number of halogens is 2. The van der Waals surface area contributed by atoms with Crippen LogP contribution in [0.4, 0.5) is 0 Å². The minimum Gasteiger partial charge on any atom is -0.294 e. The van der Waals surface area contributed by atoms with Gasteiger partial charge in [0.05, 0.1) is 5.02 Å². The molecule has 0 aliphatic heterocycles. The van der Waals surface area contributed by atoms with Gasteiger partial charge in [-0.15, -0.1) is 0 Å². The molecule has 1 aromatic rings. The number of carbonyl (C=O) groups excluding carboxylic acids is 1. The predicted molar refractivity (Wildman–Crippen MR) is 74.6 cm³/mol. The van der Waals surface area contributed by atoms with E-state index in [9.17, 15) is 4.79 Å². The minimum absolute atomic E-state index is 0.164. The molecule has 3 heteroatoms. The van der Waals surface area contributed by atoms with Crippen LogP contribution in [0.2, 0.25) is 5.02 Å². The van der Waals surface area contributed by atoms with E-state index in [2.05, 4.69) is 22.9 Å². The molecule has 92 valence electrons. The lowest BCUT2D eigenvalue weighted by Crippen LogP contribution is -2.22. The number of hydrogen-bond acceptors (Lipinski definition) is 1. The van der Waals surface area contributed by atoms with Gasteiger partial charge in [0.15, 0.2) is 5.78 Å². The second kappa shape index (κ2) is 5.53. The maximum Gasteiger partial charge on any atom is 0.167 e. The Labute approximate surface area is 116 Å². The van der Waals surface area contributed by atoms with Gasteiger partial charge in [-0.2, -0.15) is 0 Å². The second-order valence-corrected chi connectivity index (χ2v) is 6.28. The number of Topliss-reactive ketones (excluding diaryl/α,β-unsaturated/α-hetero) is 1. The summed E-state index contributed by atoms with van der Waals surface area (Å²) in [4.78, 5) is 12.4. The number of carbonyl (C=O) groups is 1. The Morgan fingerprint density at radius 1 is 1.41 bits per heavy atom. The van der Waals surface area contributed by atoms with Crippen LogP contribution in [-0.4, -0.2) is 5.78 Å². The van der Waals surface area contributed by atoms with Gasteiger partial charge in [-0.05, 0) is 37.0 Å². The summed E-state index contributed by atoms with van der Waals surface area (Å²) >= 11 is 9.48. The standard InChI is InChI=1S/C14H16BrClO/c1-9-3-2-4-10(7-9)14(17)12-6-5-11(15)8-13(12)16/h5-6,8-10H,2-4,7H2,1H3. The van der Waals surface area contributed by atoms with Crippen molar-refractivity contribution in [3.63, 3.8) is 0 Å². The quantitative estimate of drug-likeness (QED) is 0.693. The Hall–Kier alpha value is -0.340. The first-order valence-corrected chi connectivity index (χ1v) is 7.24. The molecule has 1 fully saturated rings. The maximum absolute atomic E-state index is 12.4. The summed E-state index contributed by atoms with van der Waals surface area (Å²) in [6.07, 6.45) is 4.42. The molecule has 2 unspecified atom stereocenters. The fraction of sp³-hybridized carbons (Fsp3) is 0.500. The first-order valence-electron chi connectivity index (χ1n) is 6.07. The molecule has 0 amide bonds. The molecule has 1 aliphatic rings. The summed E-state index contributed by atoms with van der Waals surface area (Å²) in [5.74, 6) is 1.04. The fourth-order valence-electron chi connectivity index (χ4n) is 2.58. The van der Waals surface area contributed by atoms with Crippen molar-refractivity contribution in [1.82, 2.24) is 0 Å². The smallest absolute Gasteiger partial charge is 0.167 e. The van der Waals surface area contributed by atoms with Gasteiger partial charge in [0, 0.05) is 16.0 Å². The Morgan fingerprint density at radius 3 is 2.82 bits per heavy atom. The zero-order chi connectivity index (χ0) is 12.4. The van der Waals surface area contributed by atoms with Crippen molar-refractivity contribution in [2.24, 2.45) is 11.8 Å². The van der Waals surface area contributed by atoms with Crippen LogP contribution < -0.4 is 0 Å². The van der Waals surface area contributed by atoms with E-state index in [1.54, 1.807) is 6.07 Å². The molecule has 0 saturated heterocycles. The summed E-state index contributed by atoms with van der Waals surface area (Å²) in [6.45, 7) is 2.22. The largest absolute Gasteiger partial charge is 0.294 e. The topological polar surface area (TPSA) is 17.1 Å². The minimum atomic E-state index is 0.164. The highest BCUT2D eigenvalue weighted by atomic mass is 79.9.